The number of nitrogens with zero attached hydrogens (tertiary/aromatic N) is 3. The van der Waals surface area contributed by atoms with Crippen molar-refractivity contribution >= 4 is 23.4 Å². The number of aromatic nitrogens is 3. The van der Waals surface area contributed by atoms with Crippen LogP contribution in [0.3, 0.4) is 0 Å². The van der Waals surface area contributed by atoms with E-state index in [4.69, 9.17) is 4.74 Å². The SMILES string of the molecule is Cc1ccc(OCCCn2nnc3ccccc32)c(C)c1.Cl. The number of halogens is 1. The van der Waals surface area contributed by atoms with E-state index in [1.54, 1.807) is 0 Å². The Labute approximate surface area is 136 Å². The first kappa shape index (κ1) is 16.3. The lowest BCUT2D eigenvalue weighted by molar-refractivity contribution is 0.297. The molecule has 0 saturated heterocycles. The van der Waals surface area contributed by atoms with E-state index in [2.05, 4.69) is 36.3 Å². The predicted molar refractivity (Wildman–Crippen MR) is 90.8 cm³/mol. The van der Waals surface area contributed by atoms with Crippen LogP contribution in [0.5, 0.6) is 5.75 Å². The lowest BCUT2D eigenvalue weighted by atomic mass is 10.1. The summed E-state index contributed by atoms with van der Waals surface area (Å²) in [6.45, 7) is 5.66. The van der Waals surface area contributed by atoms with Gasteiger partial charge < -0.3 is 4.74 Å². The van der Waals surface area contributed by atoms with E-state index in [1.165, 1.54) is 11.1 Å². The molecular weight excluding hydrogens is 298 g/mol. The molecule has 0 radical (unpaired) electrons. The second-order valence-electron chi connectivity index (χ2n) is 5.27. The van der Waals surface area contributed by atoms with Crippen molar-refractivity contribution in [2.75, 3.05) is 6.61 Å². The fourth-order valence-corrected chi connectivity index (χ4v) is 2.44. The second-order valence-corrected chi connectivity index (χ2v) is 5.27. The lowest BCUT2D eigenvalue weighted by Crippen LogP contribution is -2.06. The molecule has 3 rings (SSSR count). The van der Waals surface area contributed by atoms with Crippen LogP contribution in [0, 0.1) is 13.8 Å². The fourth-order valence-electron chi connectivity index (χ4n) is 2.44. The molecule has 5 heteroatoms. The minimum absolute atomic E-state index is 0. The highest BCUT2D eigenvalue weighted by atomic mass is 35.5. The molecule has 0 aliphatic carbocycles. The number of para-hydroxylation sites is 1. The van der Waals surface area contributed by atoms with E-state index in [0.717, 1.165) is 29.7 Å². The maximum absolute atomic E-state index is 5.84. The first-order valence-electron chi connectivity index (χ1n) is 7.22. The van der Waals surface area contributed by atoms with E-state index >= 15 is 0 Å². The van der Waals surface area contributed by atoms with Crippen LogP contribution in [-0.2, 0) is 6.54 Å². The van der Waals surface area contributed by atoms with Crippen molar-refractivity contribution in [2.45, 2.75) is 26.8 Å². The highest BCUT2D eigenvalue weighted by Crippen LogP contribution is 2.19. The number of hydrogen-bond acceptors (Lipinski definition) is 3. The quantitative estimate of drug-likeness (QED) is 0.669. The zero-order chi connectivity index (χ0) is 14.7. The van der Waals surface area contributed by atoms with Gasteiger partial charge in [-0.25, -0.2) is 4.68 Å². The molecule has 1 aromatic heterocycles. The summed E-state index contributed by atoms with van der Waals surface area (Å²) in [4.78, 5) is 0. The molecular formula is C17H20ClN3O. The summed E-state index contributed by atoms with van der Waals surface area (Å²) in [6, 6.07) is 14.3. The third-order valence-corrected chi connectivity index (χ3v) is 3.52. The van der Waals surface area contributed by atoms with Gasteiger partial charge in [-0.1, -0.05) is 35.0 Å². The van der Waals surface area contributed by atoms with Crippen LogP contribution in [-0.4, -0.2) is 21.6 Å². The highest BCUT2D eigenvalue weighted by molar-refractivity contribution is 5.85. The second kappa shape index (κ2) is 7.27. The third-order valence-electron chi connectivity index (χ3n) is 3.52. The molecule has 0 aliphatic heterocycles. The first-order chi connectivity index (χ1) is 10.2. The van der Waals surface area contributed by atoms with Crippen molar-refractivity contribution in [3.63, 3.8) is 0 Å². The van der Waals surface area contributed by atoms with Crippen LogP contribution in [0.25, 0.3) is 11.0 Å². The Morgan fingerprint density at radius 1 is 1.09 bits per heavy atom. The molecule has 0 spiro atoms. The average molecular weight is 318 g/mol. The van der Waals surface area contributed by atoms with Gasteiger partial charge in [0.15, 0.2) is 0 Å². The van der Waals surface area contributed by atoms with E-state index in [9.17, 15) is 0 Å². The molecule has 0 aliphatic rings. The van der Waals surface area contributed by atoms with Crippen LogP contribution in [0.2, 0.25) is 0 Å². The van der Waals surface area contributed by atoms with Gasteiger partial charge >= 0.3 is 0 Å². The molecule has 0 atom stereocenters. The summed E-state index contributed by atoms with van der Waals surface area (Å²) >= 11 is 0. The topological polar surface area (TPSA) is 39.9 Å². The van der Waals surface area contributed by atoms with Gasteiger partial charge in [0.05, 0.1) is 12.1 Å². The van der Waals surface area contributed by atoms with Crippen LogP contribution in [0.1, 0.15) is 17.5 Å². The normalized spacial score (nSPS) is 10.5. The van der Waals surface area contributed by atoms with Crippen molar-refractivity contribution in [3.8, 4) is 5.75 Å². The van der Waals surface area contributed by atoms with Gasteiger partial charge in [0.2, 0.25) is 0 Å². The molecule has 4 nitrogen and oxygen atoms in total. The predicted octanol–water partition coefficient (Wildman–Crippen LogP) is 3.94. The number of benzene rings is 2. The monoisotopic (exact) mass is 317 g/mol. The van der Waals surface area contributed by atoms with Crippen LogP contribution < -0.4 is 4.74 Å². The summed E-state index contributed by atoms with van der Waals surface area (Å²) in [5.74, 6) is 0.962. The van der Waals surface area contributed by atoms with Gasteiger partial charge in [0.25, 0.3) is 0 Å². The minimum atomic E-state index is 0. The standard InChI is InChI=1S/C17H19N3O.ClH/c1-13-8-9-17(14(2)12-13)21-11-5-10-20-16-7-4-3-6-15(16)18-19-20;/h3-4,6-9,12H,5,10-11H2,1-2H3;1H. The first-order valence-corrected chi connectivity index (χ1v) is 7.22. The van der Waals surface area contributed by atoms with E-state index in [1.807, 2.05) is 35.0 Å². The minimum Gasteiger partial charge on any atom is -0.493 e. The molecule has 22 heavy (non-hydrogen) atoms. The molecule has 1 heterocycles. The van der Waals surface area contributed by atoms with Gasteiger partial charge in [-0.2, -0.15) is 0 Å². The Bertz CT molecular complexity index is 754. The van der Waals surface area contributed by atoms with E-state index < -0.39 is 0 Å². The molecule has 116 valence electrons. The summed E-state index contributed by atoms with van der Waals surface area (Å²) in [7, 11) is 0. The summed E-state index contributed by atoms with van der Waals surface area (Å²) in [6.07, 6.45) is 0.903. The molecule has 0 amide bonds. The summed E-state index contributed by atoms with van der Waals surface area (Å²) in [5.41, 5.74) is 4.45. The van der Waals surface area contributed by atoms with Crippen molar-refractivity contribution in [3.05, 3.63) is 53.6 Å². The van der Waals surface area contributed by atoms with Gasteiger partial charge in [-0.05, 0) is 37.6 Å². The number of aryl methyl sites for hydroxylation is 3. The zero-order valence-corrected chi connectivity index (χ0v) is 13.6. The molecule has 0 saturated carbocycles. The molecule has 3 aromatic rings. The molecule has 0 bridgehead atoms. The van der Waals surface area contributed by atoms with Crippen molar-refractivity contribution in [1.82, 2.24) is 15.0 Å². The number of fused-ring (bicyclic) bond motifs is 1. The Balaban J connectivity index is 0.00000176. The smallest absolute Gasteiger partial charge is 0.122 e. The van der Waals surface area contributed by atoms with Gasteiger partial charge in [0.1, 0.15) is 11.3 Å². The van der Waals surface area contributed by atoms with Crippen LogP contribution in [0.15, 0.2) is 42.5 Å². The summed E-state index contributed by atoms with van der Waals surface area (Å²) in [5, 5.41) is 8.33. The van der Waals surface area contributed by atoms with Gasteiger partial charge in [-0.3, -0.25) is 0 Å². The fraction of sp³-hybridized carbons (Fsp3) is 0.294. The molecule has 2 aromatic carbocycles. The van der Waals surface area contributed by atoms with Crippen molar-refractivity contribution in [2.24, 2.45) is 0 Å². The van der Waals surface area contributed by atoms with Crippen LogP contribution >= 0.6 is 12.4 Å². The van der Waals surface area contributed by atoms with Gasteiger partial charge in [0, 0.05) is 13.0 Å². The van der Waals surface area contributed by atoms with E-state index in [-0.39, 0.29) is 12.4 Å². The molecule has 0 fully saturated rings. The Morgan fingerprint density at radius 2 is 1.91 bits per heavy atom. The zero-order valence-electron chi connectivity index (χ0n) is 12.8. The number of rotatable bonds is 5. The van der Waals surface area contributed by atoms with Gasteiger partial charge in [-0.15, -0.1) is 17.5 Å². The number of hydrogen-bond donors (Lipinski definition) is 0. The number of ether oxygens (including phenoxy) is 1. The van der Waals surface area contributed by atoms with Crippen molar-refractivity contribution < 1.29 is 4.74 Å². The largest absolute Gasteiger partial charge is 0.493 e. The molecule has 0 N–H and O–H groups in total. The lowest BCUT2D eigenvalue weighted by Gasteiger charge is -2.09. The maximum Gasteiger partial charge on any atom is 0.122 e. The maximum atomic E-state index is 5.84. The molecule has 0 unspecified atom stereocenters. The Kier molecular flexibility index (Phi) is 5.39. The Hall–Kier alpha value is -2.07. The Morgan fingerprint density at radius 3 is 2.73 bits per heavy atom. The highest BCUT2D eigenvalue weighted by Gasteiger charge is 2.03. The summed E-state index contributed by atoms with van der Waals surface area (Å²) < 4.78 is 7.77. The van der Waals surface area contributed by atoms with Crippen LogP contribution in [0.4, 0.5) is 0 Å². The average Bonchev–Trinajstić information content (AvgIpc) is 2.89. The van der Waals surface area contributed by atoms with E-state index in [0.29, 0.717) is 6.61 Å². The van der Waals surface area contributed by atoms with Crippen molar-refractivity contribution in [1.29, 1.82) is 0 Å². The third kappa shape index (κ3) is 3.57.